The minimum absolute atomic E-state index is 0.0101. The van der Waals surface area contributed by atoms with Gasteiger partial charge in [0.05, 0.1) is 4.90 Å². The molecule has 732 valence electrons. The maximum absolute atomic E-state index is 11.4. The number of nitrogens with zero attached hydrogens (tertiary/aromatic N) is 8. The molecule has 0 aromatic heterocycles. The quantitative estimate of drug-likeness (QED) is 0.00772. The molecule has 1 rings (SSSR count). The number of Topliss-reactive ketones (excluding diaryl/α,β-unsaturated/α-hetero) is 2. The van der Waals surface area contributed by atoms with Crippen LogP contribution in [-0.4, -0.2) is 111 Å². The molecule has 0 bridgehead atoms. The monoisotopic (exact) mass is 7910 g/mol. The molecule has 85 heteroatoms. The van der Waals surface area contributed by atoms with Crippen LogP contribution in [0.15, 0.2) is 38.8 Å². The van der Waals surface area contributed by atoms with Crippen LogP contribution in [0.5, 0.6) is 0 Å². The minimum Gasteiger partial charge on any atom is -0.481 e. The van der Waals surface area contributed by atoms with Gasteiger partial charge in [-0.05, 0) is 62.7 Å². The molecular formula is C31H53I55N11O16P2S-3. The SMILES string of the molecule is COP(=O)(CC(C)=O)OC.COP(=O)(OC)C(=[N+]=[N-])C(C)=O.Cc1ccc(S(=O)(=O)N=[N+]=[N-])cc1.II(I)I(I)I(I)I(I)I.II(I)I(I)I(I)I(I)I(I)I.I[I-]I(I)I(I)I(I)I.I[I-]I(I)I(I)I(I)I(I)I.I[I-]I(I)I(I)I(I)I(I)I(I)I.NC(=O)CCCC[C@H](N)C(=O)O.[N-]=[N+]=N[C@@H](CCCCC(N)=O)C(=O)O. The summed E-state index contributed by atoms with van der Waals surface area (Å²) in [4.78, 5) is 69.6. The molecule has 116 heavy (non-hydrogen) atoms. The third kappa shape index (κ3) is 102. The molecule has 27 nitrogen and oxygen atoms in total. The maximum Gasteiger partial charge on any atom is 0.320 e. The van der Waals surface area contributed by atoms with Crippen molar-refractivity contribution in [1.82, 2.24) is 0 Å². The number of halogens is 55. The van der Waals surface area contributed by atoms with Gasteiger partial charge in [-0.3, -0.25) is 33.3 Å². The van der Waals surface area contributed by atoms with E-state index in [1.165, 1.54) is 33.3 Å². The molecular weight excluding hydrogens is 7860 g/mol. The fraction of sp³-hybridized carbons (Fsp3) is 0.581. The number of aryl methyl sites for hydroxylation is 1. The van der Waals surface area contributed by atoms with Crippen LogP contribution in [-0.2, 0) is 66.0 Å². The normalized spacial score (nSPS) is 13.7. The first-order valence-electron chi connectivity index (χ1n) is 24.2. The van der Waals surface area contributed by atoms with Gasteiger partial charge in [0, 0.05) is 62.5 Å². The fourth-order valence-corrected chi connectivity index (χ4v) is 5250. The Morgan fingerprint density at radius 1 is 0.483 bits per heavy atom. The van der Waals surface area contributed by atoms with Gasteiger partial charge in [-0.2, -0.15) is 4.79 Å². The van der Waals surface area contributed by atoms with E-state index >= 15 is 0 Å². The Morgan fingerprint density at radius 3 is 1.01 bits per heavy atom. The van der Waals surface area contributed by atoms with Crippen molar-refractivity contribution in [2.24, 2.45) is 26.8 Å². The average molecular weight is 7910 g/mol. The molecule has 0 aliphatic heterocycles. The second-order valence-electron chi connectivity index (χ2n) is 15.1. The molecule has 0 aliphatic rings. The number of hydrogen-bond donors (Lipinski definition) is 5. The van der Waals surface area contributed by atoms with Crippen molar-refractivity contribution < 1.29 is 119 Å². The number of rotatable bonds is 42. The molecule has 2 atom stereocenters. The number of carboxylic acid groups (broad SMARTS) is 2. The van der Waals surface area contributed by atoms with E-state index < -0.39 is 66.4 Å². The first-order chi connectivity index (χ1) is 53.1. The van der Waals surface area contributed by atoms with Crippen LogP contribution in [0.25, 0.3) is 26.4 Å². The summed E-state index contributed by atoms with van der Waals surface area (Å²) in [5, 5.41) is 20.0. The van der Waals surface area contributed by atoms with Crippen molar-refractivity contribution in [3.63, 3.8) is 0 Å². The second-order valence-corrected chi connectivity index (χ2v) is 1090. The van der Waals surface area contributed by atoms with E-state index in [-0.39, 0.29) is 201 Å². The number of nitrogens with two attached hydrogens (primary N) is 3. The van der Waals surface area contributed by atoms with Gasteiger partial charge in [0.1, 0.15) is 24.0 Å². The van der Waals surface area contributed by atoms with Gasteiger partial charge in [-0.25, -0.2) is 13.0 Å². The molecule has 0 saturated heterocycles. The number of primary amides is 2. The molecule has 0 fully saturated rings. The van der Waals surface area contributed by atoms with Crippen LogP contribution in [0, 0.1) is 6.92 Å². The number of carboxylic acids is 2. The Balaban J connectivity index is -0.000000157. The van der Waals surface area contributed by atoms with Gasteiger partial charge in [-0.15, -0.1) is 0 Å². The van der Waals surface area contributed by atoms with E-state index in [1.54, 1.807) is 12.1 Å². The first kappa shape index (κ1) is 168. The predicted octanol–water partition coefficient (Wildman–Crippen LogP) is 41.1. The van der Waals surface area contributed by atoms with Crippen LogP contribution < -0.4 is 57.0 Å². The topological polar surface area (TPSA) is 460 Å². The molecule has 0 spiro atoms. The van der Waals surface area contributed by atoms with Gasteiger partial charge in [0.15, 0.2) is 0 Å². The van der Waals surface area contributed by atoms with Gasteiger partial charge in [0.2, 0.25) is 17.6 Å². The Bertz CT molecular complexity index is 3180. The van der Waals surface area contributed by atoms with Crippen molar-refractivity contribution in [3.05, 3.63) is 56.2 Å². The summed E-state index contributed by atoms with van der Waals surface area (Å²) < 4.78 is 65.3. The van der Waals surface area contributed by atoms with Gasteiger partial charge in [0.25, 0.3) is 10.0 Å². The van der Waals surface area contributed by atoms with Crippen molar-refractivity contribution in [2.45, 2.75) is 89.1 Å². The molecule has 2 amide bonds. The van der Waals surface area contributed by atoms with Crippen molar-refractivity contribution in [1.29, 1.82) is 0 Å². The summed E-state index contributed by atoms with van der Waals surface area (Å²) in [5.41, 5.74) is 39.7. The van der Waals surface area contributed by atoms with E-state index in [0.29, 0.717) is 78.3 Å². The van der Waals surface area contributed by atoms with E-state index in [2.05, 4.69) is 619 Å². The minimum atomic E-state index is -3.82. The first-order valence-corrected chi connectivity index (χ1v) is 343. The summed E-state index contributed by atoms with van der Waals surface area (Å²) >= 11 is 90.3. The van der Waals surface area contributed by atoms with Crippen LogP contribution in [0.1, 0.15) is 70.8 Å². The van der Waals surface area contributed by atoms with Crippen molar-refractivity contribution in [2.75, 3.05) is 34.6 Å². The summed E-state index contributed by atoms with van der Waals surface area (Å²) in [6.45, 7) is 4.27. The third-order valence-corrected chi connectivity index (χ3v) is 2900. The van der Waals surface area contributed by atoms with E-state index in [0.717, 1.165) is 26.7 Å². The zero-order valence-corrected chi connectivity index (χ0v) is 177. The fourth-order valence-electron chi connectivity index (χ4n) is 3.95. The average Bonchev–Trinajstić information content (AvgIpc) is 0.851. The van der Waals surface area contributed by atoms with E-state index in [4.69, 9.17) is 44.0 Å². The molecule has 0 saturated carbocycles. The number of azide groups is 2. The largest absolute Gasteiger partial charge is 0.481 e. The molecule has 1 aromatic rings. The zero-order chi connectivity index (χ0) is 93.7. The summed E-state index contributed by atoms with van der Waals surface area (Å²) in [6, 6.07) is 4.21. The number of benzene rings is 1. The van der Waals surface area contributed by atoms with Crippen LogP contribution in [0.2, 0.25) is 0 Å². The maximum atomic E-state index is 11.4. The molecule has 0 radical (unpaired) electrons. The number of carbonyl (C=O) groups is 6. The van der Waals surface area contributed by atoms with Crippen molar-refractivity contribution >= 4 is 809 Å². The van der Waals surface area contributed by atoms with Crippen LogP contribution in [0.3, 0.4) is 0 Å². The van der Waals surface area contributed by atoms with E-state index in [9.17, 15) is 46.3 Å². The standard InChI is InChI=1S/C7H12N4O3.C7H7N3O2S.C7H14N2O3.C5H9N2O4P.C5H11O4P.I13.I12.I11.I10.I9/c8-6(12)4-2-1-3-5(7(13)14)10-11-9;1-6-2-4-7(5-3-6)13(11,12)10-9-8;8-5(7(11)12)3-1-2-4-6(9)10;1-4(8)5(7-6)12(9,10-2)11-3;1-5(6)4-10(7,8-2)9-3;1-8-10(4)12(6)13(7)11(5)9(2)3;1-8(2)10(5)12(7)11(6)9(3)4;1-7-9(4)11(6)10(5)8(2)3;1-7(2)9(5)10(6)8(3)4;1-6-8(4)9(5)7(2)3/h5H,1-4H2,(H2,8,12)(H,13,14);2-5H,1H3;5H,1-4,8H2,(H2,9,10)(H,11,12);1-3H3;4H2,1-3H3;;;;;/q;;;;;-1;;-1;;-1/t5-;;5-;;;;;;;/m0.0......./s1. The van der Waals surface area contributed by atoms with Crippen LogP contribution >= 0.6 is 758 Å². The summed E-state index contributed by atoms with van der Waals surface area (Å²) in [5.74, 6) is -3.80. The Labute approximate surface area is 1090 Å². The van der Waals surface area contributed by atoms with Gasteiger partial charge < -0.3 is 51.0 Å². The number of aliphatic carboxylic acids is 2. The Hall–Kier alpha value is 34.8. The van der Waals surface area contributed by atoms with Crippen LogP contribution in [0.4, 0.5) is 0 Å². The number of ketones is 2. The van der Waals surface area contributed by atoms with Gasteiger partial charge >= 0.3 is 815 Å². The third-order valence-electron chi connectivity index (χ3n) is 8.15. The van der Waals surface area contributed by atoms with Gasteiger partial charge in [-0.1, -0.05) is 35.7 Å². The number of amides is 2. The molecule has 0 heterocycles. The Morgan fingerprint density at radius 2 is 0.784 bits per heavy atom. The Kier molecular flexibility index (Phi) is 159. The number of sulfonamides is 1. The number of unbranched alkanes of at least 4 members (excludes halogenated alkanes) is 2. The summed E-state index contributed by atoms with van der Waals surface area (Å²) in [6.07, 6.45) is 3.23. The molecule has 0 unspecified atom stereocenters. The summed E-state index contributed by atoms with van der Waals surface area (Å²) in [7, 11) is -12.4. The second kappa shape index (κ2) is 110. The smallest absolute Gasteiger partial charge is 0.320 e. The molecule has 8 N–H and O–H groups in total. The van der Waals surface area contributed by atoms with Crippen molar-refractivity contribution in [3.8, 4) is 0 Å². The number of carbonyl (C=O) groups excluding carboxylic acids is 4. The molecule has 1 aromatic carbocycles. The van der Waals surface area contributed by atoms with E-state index in [1.807, 2.05) is 6.92 Å². The zero-order valence-electron chi connectivity index (χ0n) is 55.3. The predicted molar refractivity (Wildman–Crippen MR) is 946 cm³/mol. The number of hydrogen-bond acceptors (Lipinski definition) is 16. The molecule has 0 aliphatic carbocycles.